The monoisotopic (exact) mass is 400 g/mol. The van der Waals surface area contributed by atoms with Crippen molar-refractivity contribution in [2.75, 3.05) is 0 Å². The van der Waals surface area contributed by atoms with E-state index in [1.807, 2.05) is 13.8 Å². The number of amides is 1. The molecule has 2 aromatic heterocycles. The van der Waals surface area contributed by atoms with Crippen LogP contribution in [0.5, 0.6) is 0 Å². The predicted octanol–water partition coefficient (Wildman–Crippen LogP) is 3.88. The molecule has 2 heterocycles. The van der Waals surface area contributed by atoms with Gasteiger partial charge in [-0.1, -0.05) is 5.16 Å². The first-order valence-electron chi connectivity index (χ1n) is 9.67. The summed E-state index contributed by atoms with van der Waals surface area (Å²) in [6.07, 6.45) is 4.91. The normalized spacial score (nSPS) is 15.9. The molecule has 1 atom stereocenters. The fraction of sp³-hybridized carbons (Fsp3) is 0.381. The Bertz CT molecular complexity index is 1040. The third-order valence-electron chi connectivity index (χ3n) is 5.44. The highest BCUT2D eigenvalue weighted by atomic mass is 19.1. The van der Waals surface area contributed by atoms with Crippen LogP contribution in [0.4, 0.5) is 8.78 Å². The number of hydrogen-bond acceptors (Lipinski definition) is 4. The quantitative estimate of drug-likeness (QED) is 0.705. The van der Waals surface area contributed by atoms with Crippen molar-refractivity contribution in [2.24, 2.45) is 0 Å². The molecule has 0 saturated heterocycles. The summed E-state index contributed by atoms with van der Waals surface area (Å²) in [5.41, 5.74) is 3.70. The van der Waals surface area contributed by atoms with E-state index < -0.39 is 11.6 Å². The third kappa shape index (κ3) is 3.79. The van der Waals surface area contributed by atoms with Gasteiger partial charge in [-0.15, -0.1) is 0 Å². The largest absolute Gasteiger partial charge is 0.361 e. The average molecular weight is 400 g/mol. The van der Waals surface area contributed by atoms with E-state index in [-0.39, 0.29) is 17.6 Å². The van der Waals surface area contributed by atoms with E-state index in [0.29, 0.717) is 12.8 Å². The van der Waals surface area contributed by atoms with Crippen LogP contribution >= 0.6 is 0 Å². The number of nitrogens with zero attached hydrogens (tertiary/aromatic N) is 3. The minimum absolute atomic E-state index is 0.0661. The number of nitrogens with one attached hydrogen (secondary N) is 1. The van der Waals surface area contributed by atoms with Crippen molar-refractivity contribution in [3.05, 3.63) is 64.3 Å². The molecule has 4 rings (SSSR count). The summed E-state index contributed by atoms with van der Waals surface area (Å²) in [5.74, 6) is -0.626. The summed E-state index contributed by atoms with van der Waals surface area (Å²) < 4.78 is 34.1. The number of carbonyl (C=O) groups is 1. The van der Waals surface area contributed by atoms with Crippen LogP contribution in [0.1, 0.15) is 53.6 Å². The molecule has 0 radical (unpaired) electrons. The molecule has 0 fully saturated rings. The van der Waals surface area contributed by atoms with Crippen molar-refractivity contribution in [1.29, 1.82) is 0 Å². The third-order valence-corrected chi connectivity index (χ3v) is 5.44. The lowest BCUT2D eigenvalue weighted by Gasteiger charge is -2.24. The molecule has 1 aromatic carbocycles. The zero-order valence-corrected chi connectivity index (χ0v) is 16.3. The highest BCUT2D eigenvalue weighted by Crippen LogP contribution is 2.31. The van der Waals surface area contributed by atoms with Crippen molar-refractivity contribution < 1.29 is 18.1 Å². The molecule has 0 unspecified atom stereocenters. The minimum Gasteiger partial charge on any atom is -0.361 e. The van der Waals surface area contributed by atoms with Crippen LogP contribution in [0.25, 0.3) is 5.69 Å². The van der Waals surface area contributed by atoms with E-state index in [4.69, 9.17) is 4.52 Å². The van der Waals surface area contributed by atoms with Gasteiger partial charge in [-0.3, -0.25) is 4.79 Å². The van der Waals surface area contributed by atoms with Gasteiger partial charge in [0, 0.05) is 29.3 Å². The predicted molar refractivity (Wildman–Crippen MR) is 102 cm³/mol. The molecule has 0 spiro atoms. The van der Waals surface area contributed by atoms with Crippen molar-refractivity contribution in [1.82, 2.24) is 20.3 Å². The van der Waals surface area contributed by atoms with E-state index in [9.17, 15) is 13.6 Å². The Kier molecular flexibility index (Phi) is 5.17. The fourth-order valence-corrected chi connectivity index (χ4v) is 3.93. The second-order valence-electron chi connectivity index (χ2n) is 7.37. The van der Waals surface area contributed by atoms with Gasteiger partial charge in [0.05, 0.1) is 17.9 Å². The lowest BCUT2D eigenvalue weighted by molar-refractivity contribution is -0.121. The summed E-state index contributed by atoms with van der Waals surface area (Å²) >= 11 is 0. The molecular formula is C21H22F2N4O2. The van der Waals surface area contributed by atoms with Crippen LogP contribution in [0.2, 0.25) is 0 Å². The summed E-state index contributed by atoms with van der Waals surface area (Å²) in [4.78, 5) is 12.5. The Morgan fingerprint density at radius 2 is 2.17 bits per heavy atom. The van der Waals surface area contributed by atoms with Gasteiger partial charge in [0.2, 0.25) is 5.91 Å². The van der Waals surface area contributed by atoms with Gasteiger partial charge >= 0.3 is 0 Å². The van der Waals surface area contributed by atoms with Crippen LogP contribution in [0.15, 0.2) is 28.9 Å². The molecule has 0 bridgehead atoms. The molecule has 1 N–H and O–H groups in total. The molecule has 3 aromatic rings. The highest BCUT2D eigenvalue weighted by molar-refractivity contribution is 5.76. The molecule has 0 aliphatic heterocycles. The van der Waals surface area contributed by atoms with Crippen LogP contribution < -0.4 is 5.32 Å². The maximum Gasteiger partial charge on any atom is 0.220 e. The number of aryl methyl sites for hydroxylation is 2. The van der Waals surface area contributed by atoms with E-state index in [0.717, 1.165) is 53.6 Å². The number of carbonyl (C=O) groups excluding carboxylic acids is 1. The minimum atomic E-state index is -0.665. The standard InChI is InChI=1S/C21H22F2N4O2/c1-12-15(13(2)29-26-12)7-9-21(28)25-18-4-3-5-19-16(18)11-24-27(19)20-8-6-14(22)10-17(20)23/h6,8,10-11,18H,3-5,7,9H2,1-2H3,(H,25,28)/t18-/m0/s1. The summed E-state index contributed by atoms with van der Waals surface area (Å²) in [6, 6.07) is 3.26. The molecule has 6 nitrogen and oxygen atoms in total. The van der Waals surface area contributed by atoms with Gasteiger partial charge in [0.25, 0.3) is 0 Å². The second-order valence-corrected chi connectivity index (χ2v) is 7.37. The Labute approximate surface area is 166 Å². The van der Waals surface area contributed by atoms with Gasteiger partial charge in [0.15, 0.2) is 5.82 Å². The molecule has 1 aliphatic rings. The van der Waals surface area contributed by atoms with Crippen LogP contribution in [-0.2, 0) is 17.6 Å². The summed E-state index contributed by atoms with van der Waals surface area (Å²) in [7, 11) is 0. The first kappa shape index (κ1) is 19.3. The van der Waals surface area contributed by atoms with Gasteiger partial charge in [-0.2, -0.15) is 5.10 Å². The van der Waals surface area contributed by atoms with Gasteiger partial charge in [0.1, 0.15) is 17.3 Å². The van der Waals surface area contributed by atoms with Crippen LogP contribution in [-0.4, -0.2) is 20.8 Å². The number of hydrogen-bond donors (Lipinski definition) is 1. The van der Waals surface area contributed by atoms with Crippen LogP contribution in [0, 0.1) is 25.5 Å². The van der Waals surface area contributed by atoms with Gasteiger partial charge in [-0.05, 0) is 51.7 Å². The van der Waals surface area contributed by atoms with Gasteiger partial charge < -0.3 is 9.84 Å². The Morgan fingerprint density at radius 1 is 1.34 bits per heavy atom. The zero-order valence-electron chi connectivity index (χ0n) is 16.3. The Balaban J connectivity index is 1.49. The number of benzene rings is 1. The van der Waals surface area contributed by atoms with Crippen LogP contribution in [0.3, 0.4) is 0 Å². The lowest BCUT2D eigenvalue weighted by Crippen LogP contribution is -2.31. The Morgan fingerprint density at radius 3 is 2.90 bits per heavy atom. The molecule has 1 aliphatic carbocycles. The fourth-order valence-electron chi connectivity index (χ4n) is 3.93. The van der Waals surface area contributed by atoms with E-state index in [1.54, 1.807) is 6.20 Å². The molecule has 8 heteroatoms. The maximum absolute atomic E-state index is 14.2. The summed E-state index contributed by atoms with van der Waals surface area (Å²) in [6.45, 7) is 3.70. The van der Waals surface area contributed by atoms with Crippen molar-refractivity contribution >= 4 is 5.91 Å². The van der Waals surface area contributed by atoms with Crippen molar-refractivity contribution in [2.45, 2.75) is 52.0 Å². The first-order chi connectivity index (χ1) is 13.9. The van der Waals surface area contributed by atoms with E-state index in [2.05, 4.69) is 15.6 Å². The average Bonchev–Trinajstić information content (AvgIpc) is 3.24. The number of halogens is 2. The number of fused-ring (bicyclic) bond motifs is 1. The van der Waals surface area contributed by atoms with E-state index >= 15 is 0 Å². The highest BCUT2D eigenvalue weighted by Gasteiger charge is 2.27. The molecule has 1 amide bonds. The van der Waals surface area contributed by atoms with Crippen molar-refractivity contribution in [3.8, 4) is 5.69 Å². The Hall–Kier alpha value is -3.03. The number of aromatic nitrogens is 3. The topological polar surface area (TPSA) is 73.0 Å². The number of rotatable bonds is 5. The first-order valence-corrected chi connectivity index (χ1v) is 9.67. The lowest BCUT2D eigenvalue weighted by atomic mass is 9.92. The molecule has 152 valence electrons. The zero-order chi connectivity index (χ0) is 20.5. The van der Waals surface area contributed by atoms with Crippen molar-refractivity contribution in [3.63, 3.8) is 0 Å². The SMILES string of the molecule is Cc1noc(C)c1CCC(=O)N[C@H]1CCCc2c1cnn2-c1ccc(F)cc1F. The smallest absolute Gasteiger partial charge is 0.220 e. The van der Waals surface area contributed by atoms with Gasteiger partial charge in [-0.25, -0.2) is 13.5 Å². The second kappa shape index (κ2) is 7.77. The maximum atomic E-state index is 14.2. The molecule has 0 saturated carbocycles. The molecular weight excluding hydrogens is 378 g/mol. The summed E-state index contributed by atoms with van der Waals surface area (Å²) in [5, 5.41) is 11.3. The molecule has 29 heavy (non-hydrogen) atoms. The van der Waals surface area contributed by atoms with E-state index in [1.165, 1.54) is 16.8 Å².